The highest BCUT2D eigenvalue weighted by molar-refractivity contribution is 7.98. The Morgan fingerprint density at radius 3 is 2.56 bits per heavy atom. The van der Waals surface area contributed by atoms with Gasteiger partial charge >= 0.3 is 6.03 Å². The molecule has 0 fully saturated rings. The van der Waals surface area contributed by atoms with Crippen molar-refractivity contribution in [3.05, 3.63) is 84.3 Å². The number of fused-ring (bicyclic) bond motifs is 1. The molecule has 36 heavy (non-hydrogen) atoms. The highest BCUT2D eigenvalue weighted by Crippen LogP contribution is 2.37. The number of anilines is 2. The van der Waals surface area contributed by atoms with Gasteiger partial charge in [0.2, 0.25) is 5.69 Å². The van der Waals surface area contributed by atoms with Crippen LogP contribution in [0.2, 0.25) is 0 Å². The lowest BCUT2D eigenvalue weighted by Crippen LogP contribution is -2.19. The van der Waals surface area contributed by atoms with E-state index in [0.717, 1.165) is 10.6 Å². The van der Waals surface area contributed by atoms with E-state index >= 15 is 0 Å². The molecule has 1 aromatic heterocycles. The van der Waals surface area contributed by atoms with E-state index in [1.54, 1.807) is 67.5 Å². The molecule has 0 spiro atoms. The number of hydrogen-bond donors (Lipinski definition) is 2. The summed E-state index contributed by atoms with van der Waals surface area (Å²) in [5.41, 5.74) is 2.35. The van der Waals surface area contributed by atoms with Gasteiger partial charge < -0.3 is 24.8 Å². The number of amides is 2. The molecule has 0 aliphatic carbocycles. The average Bonchev–Trinajstić information content (AvgIpc) is 2.89. The summed E-state index contributed by atoms with van der Waals surface area (Å²) >= 11 is 1.61. The summed E-state index contributed by atoms with van der Waals surface area (Å²) in [6.07, 6.45) is 3.62. The van der Waals surface area contributed by atoms with Crippen LogP contribution in [-0.2, 0) is 4.74 Å². The zero-order valence-electron chi connectivity index (χ0n) is 19.8. The molecule has 0 saturated heterocycles. The van der Waals surface area contributed by atoms with Crippen molar-refractivity contribution in [3.8, 4) is 17.2 Å². The van der Waals surface area contributed by atoms with Crippen molar-refractivity contribution < 1.29 is 19.0 Å². The SMILES string of the molecule is [C-]#[N+]c1cc2c(Oc3ccc(NC(=O)Nc4cccc(SC)c4)cc3)ccnc2cc1OCCOC. The van der Waals surface area contributed by atoms with Crippen molar-refractivity contribution >= 4 is 45.8 Å². The van der Waals surface area contributed by atoms with Crippen LogP contribution in [0.5, 0.6) is 17.2 Å². The van der Waals surface area contributed by atoms with E-state index < -0.39 is 0 Å². The van der Waals surface area contributed by atoms with Gasteiger partial charge in [0.05, 0.1) is 18.7 Å². The van der Waals surface area contributed by atoms with E-state index in [2.05, 4.69) is 20.5 Å². The Labute approximate surface area is 213 Å². The van der Waals surface area contributed by atoms with Gasteiger partial charge in [0.25, 0.3) is 0 Å². The quantitative estimate of drug-likeness (QED) is 0.147. The van der Waals surface area contributed by atoms with Gasteiger partial charge in [-0.1, -0.05) is 6.07 Å². The smallest absolute Gasteiger partial charge is 0.323 e. The maximum atomic E-state index is 12.4. The molecule has 2 amide bonds. The molecule has 4 aromatic rings. The summed E-state index contributed by atoms with van der Waals surface area (Å²) in [5, 5.41) is 6.33. The first kappa shape index (κ1) is 24.9. The maximum Gasteiger partial charge on any atom is 0.323 e. The second-order valence-electron chi connectivity index (χ2n) is 7.54. The lowest BCUT2D eigenvalue weighted by Gasteiger charge is -2.13. The Bertz CT molecular complexity index is 1400. The van der Waals surface area contributed by atoms with Crippen molar-refractivity contribution in [1.29, 1.82) is 0 Å². The monoisotopic (exact) mass is 500 g/mol. The number of aromatic nitrogens is 1. The van der Waals surface area contributed by atoms with Crippen LogP contribution in [-0.4, -0.2) is 37.6 Å². The molecule has 0 radical (unpaired) electrons. The third-order valence-electron chi connectivity index (χ3n) is 5.12. The number of rotatable bonds is 9. The summed E-state index contributed by atoms with van der Waals surface area (Å²) in [5.74, 6) is 1.58. The molecule has 8 nitrogen and oxygen atoms in total. The first-order valence-corrected chi connectivity index (χ1v) is 12.2. The van der Waals surface area contributed by atoms with E-state index in [-0.39, 0.29) is 6.03 Å². The Morgan fingerprint density at radius 1 is 1.00 bits per heavy atom. The summed E-state index contributed by atoms with van der Waals surface area (Å²) < 4.78 is 16.8. The number of thioether (sulfide) groups is 1. The minimum Gasteiger partial charge on any atom is -0.502 e. The van der Waals surface area contributed by atoms with Gasteiger partial charge in [-0.05, 0) is 66.9 Å². The first-order chi connectivity index (χ1) is 17.6. The zero-order chi connectivity index (χ0) is 25.3. The van der Waals surface area contributed by atoms with E-state index in [1.807, 2.05) is 30.5 Å². The van der Waals surface area contributed by atoms with Crippen molar-refractivity contribution in [3.63, 3.8) is 0 Å². The van der Waals surface area contributed by atoms with Gasteiger partial charge in [0.1, 0.15) is 23.9 Å². The number of nitrogens with one attached hydrogen (secondary N) is 2. The van der Waals surface area contributed by atoms with Gasteiger partial charge in [-0.15, -0.1) is 11.8 Å². The fourth-order valence-electron chi connectivity index (χ4n) is 3.39. The zero-order valence-corrected chi connectivity index (χ0v) is 20.6. The van der Waals surface area contributed by atoms with Crippen molar-refractivity contribution in [2.24, 2.45) is 0 Å². The standard InChI is InChI=1S/C27H24N4O4S/c1-28-24-16-22-23(17-26(24)34-14-13-33-2)29-12-11-25(22)35-20-9-7-18(8-10-20)30-27(32)31-19-5-4-6-21(15-19)36-3/h4-12,15-17H,13-14H2,2-3H3,(H2,30,31,32). The molecule has 182 valence electrons. The van der Waals surface area contributed by atoms with Crippen LogP contribution in [0.25, 0.3) is 15.7 Å². The van der Waals surface area contributed by atoms with Crippen LogP contribution in [0.1, 0.15) is 0 Å². The summed E-state index contributed by atoms with van der Waals surface area (Å²) in [6, 6.07) is 19.5. The number of carbonyl (C=O) groups is 1. The van der Waals surface area contributed by atoms with E-state index in [0.29, 0.717) is 52.7 Å². The lowest BCUT2D eigenvalue weighted by molar-refractivity contribution is 0.147. The molecular formula is C27H24N4O4S. The van der Waals surface area contributed by atoms with Crippen molar-refractivity contribution in [1.82, 2.24) is 4.98 Å². The average molecular weight is 501 g/mol. The van der Waals surface area contributed by atoms with Crippen LogP contribution in [0.4, 0.5) is 21.9 Å². The number of ether oxygens (including phenoxy) is 3. The third kappa shape index (κ3) is 6.24. The number of carbonyl (C=O) groups excluding carboxylic acids is 1. The molecule has 0 aliphatic heterocycles. The molecule has 2 N–H and O–H groups in total. The predicted octanol–water partition coefficient (Wildman–Crippen LogP) is 6.97. The molecule has 3 aromatic carbocycles. The number of pyridine rings is 1. The largest absolute Gasteiger partial charge is 0.502 e. The Balaban J connectivity index is 1.45. The first-order valence-electron chi connectivity index (χ1n) is 11.0. The topological polar surface area (TPSA) is 86.1 Å². The van der Waals surface area contributed by atoms with Gasteiger partial charge in [-0.2, -0.15) is 0 Å². The van der Waals surface area contributed by atoms with Gasteiger partial charge in [0.15, 0.2) is 0 Å². The van der Waals surface area contributed by atoms with Crippen molar-refractivity contribution in [2.75, 3.05) is 37.2 Å². The molecule has 4 rings (SSSR count). The summed E-state index contributed by atoms with van der Waals surface area (Å²) in [6.45, 7) is 8.27. The van der Waals surface area contributed by atoms with Crippen molar-refractivity contribution in [2.45, 2.75) is 4.90 Å². The predicted molar refractivity (Wildman–Crippen MR) is 143 cm³/mol. The summed E-state index contributed by atoms with van der Waals surface area (Å²) in [4.78, 5) is 21.4. The molecule has 9 heteroatoms. The molecule has 0 saturated carbocycles. The maximum absolute atomic E-state index is 12.4. The fraction of sp³-hybridized carbons (Fsp3) is 0.148. The number of urea groups is 1. The molecular weight excluding hydrogens is 476 g/mol. The number of benzene rings is 3. The van der Waals surface area contributed by atoms with Crippen LogP contribution in [0.3, 0.4) is 0 Å². The number of hydrogen-bond acceptors (Lipinski definition) is 6. The Morgan fingerprint density at radius 2 is 1.81 bits per heavy atom. The summed E-state index contributed by atoms with van der Waals surface area (Å²) in [7, 11) is 1.59. The second kappa shape index (κ2) is 11.9. The van der Waals surface area contributed by atoms with Crippen LogP contribution in [0, 0.1) is 6.57 Å². The highest BCUT2D eigenvalue weighted by atomic mass is 32.2. The van der Waals surface area contributed by atoms with Gasteiger partial charge in [-0.3, -0.25) is 4.98 Å². The van der Waals surface area contributed by atoms with E-state index in [9.17, 15) is 4.79 Å². The molecule has 0 aliphatic rings. The van der Waals surface area contributed by atoms with Gasteiger partial charge in [0, 0.05) is 35.0 Å². The van der Waals surface area contributed by atoms with Crippen LogP contribution < -0.4 is 20.1 Å². The van der Waals surface area contributed by atoms with Gasteiger partial charge in [-0.25, -0.2) is 9.64 Å². The van der Waals surface area contributed by atoms with Crippen LogP contribution >= 0.6 is 11.8 Å². The Hall–Kier alpha value is -4.26. The van der Waals surface area contributed by atoms with E-state index in [4.69, 9.17) is 20.8 Å². The Kier molecular flexibility index (Phi) is 8.24. The number of methoxy groups -OCH3 is 1. The normalized spacial score (nSPS) is 10.5. The molecule has 0 unspecified atom stereocenters. The molecule has 0 atom stereocenters. The fourth-order valence-corrected chi connectivity index (χ4v) is 3.85. The molecule has 1 heterocycles. The van der Waals surface area contributed by atoms with E-state index in [1.165, 1.54) is 0 Å². The minimum absolute atomic E-state index is 0.336. The number of nitrogens with zero attached hydrogens (tertiary/aromatic N) is 2. The molecule has 0 bridgehead atoms. The highest BCUT2D eigenvalue weighted by Gasteiger charge is 2.12. The third-order valence-corrected chi connectivity index (χ3v) is 5.84. The lowest BCUT2D eigenvalue weighted by atomic mass is 10.1. The second-order valence-corrected chi connectivity index (χ2v) is 8.42. The van der Waals surface area contributed by atoms with Crippen LogP contribution in [0.15, 0.2) is 77.8 Å². The minimum atomic E-state index is -0.336.